The number of nitrogens with zero attached hydrogens (tertiary/aromatic N) is 1. The highest BCUT2D eigenvalue weighted by molar-refractivity contribution is 7.99. The number of benzene rings is 1. The van der Waals surface area contributed by atoms with Crippen LogP contribution in [0.5, 0.6) is 5.75 Å². The summed E-state index contributed by atoms with van der Waals surface area (Å²) in [6.45, 7) is 3.26. The van der Waals surface area contributed by atoms with Gasteiger partial charge in [0.05, 0.1) is 6.54 Å². The topological polar surface area (TPSA) is 88.1 Å². The van der Waals surface area contributed by atoms with Crippen LogP contribution in [0.3, 0.4) is 0 Å². The summed E-state index contributed by atoms with van der Waals surface area (Å²) in [5.74, 6) is 1.03. The van der Waals surface area contributed by atoms with Crippen LogP contribution in [0.25, 0.3) is 0 Å². The molecule has 0 aliphatic heterocycles. The summed E-state index contributed by atoms with van der Waals surface area (Å²) in [6.07, 6.45) is -3.09. The van der Waals surface area contributed by atoms with E-state index in [1.54, 1.807) is 43.0 Å². The summed E-state index contributed by atoms with van der Waals surface area (Å²) in [7, 11) is 0. The first-order valence-electron chi connectivity index (χ1n) is 10.9. The van der Waals surface area contributed by atoms with Crippen LogP contribution < -0.4 is 10.1 Å². The number of carboxylic acids is 1. The zero-order valence-electron chi connectivity index (χ0n) is 19.0. The number of carboxylic acid groups (broad SMARTS) is 1. The monoisotopic (exact) mass is 494 g/mol. The van der Waals surface area contributed by atoms with Crippen molar-refractivity contribution >= 4 is 23.8 Å². The van der Waals surface area contributed by atoms with Gasteiger partial charge < -0.3 is 24.8 Å². The number of carbonyl (C=O) groups is 2. The number of carbonyl (C=O) groups excluding carboxylic acids is 1. The summed E-state index contributed by atoms with van der Waals surface area (Å²) in [5.41, 5.74) is 0.764. The summed E-state index contributed by atoms with van der Waals surface area (Å²) in [5, 5.41) is 11.1. The van der Waals surface area contributed by atoms with Crippen LogP contribution in [0.15, 0.2) is 24.3 Å². The number of nitrogens with one attached hydrogen (secondary N) is 1. The van der Waals surface area contributed by atoms with Crippen LogP contribution in [0.2, 0.25) is 0 Å². The van der Waals surface area contributed by atoms with Gasteiger partial charge in [0.25, 0.3) is 0 Å². The lowest BCUT2D eigenvalue weighted by molar-refractivity contribution is -0.150. The number of alkyl halides is 3. The van der Waals surface area contributed by atoms with E-state index in [9.17, 15) is 22.8 Å². The van der Waals surface area contributed by atoms with Gasteiger partial charge in [-0.05, 0) is 36.8 Å². The number of aliphatic carboxylic acids is 1. The summed E-state index contributed by atoms with van der Waals surface area (Å²) in [4.78, 5) is 24.7. The average molecular weight is 495 g/mol. The third-order valence-corrected chi connectivity index (χ3v) is 5.54. The number of hydrogen-bond donors (Lipinski definition) is 2. The Kier molecular flexibility index (Phi) is 13.7. The Morgan fingerprint density at radius 3 is 2.42 bits per heavy atom. The van der Waals surface area contributed by atoms with Gasteiger partial charge in [-0.2, -0.15) is 24.9 Å². The fourth-order valence-corrected chi connectivity index (χ4v) is 3.80. The summed E-state index contributed by atoms with van der Waals surface area (Å²) in [6, 6.07) is 6.02. The van der Waals surface area contributed by atoms with Crippen LogP contribution >= 0.6 is 11.8 Å². The normalized spacial score (nSPS) is 12.3. The number of hydrogen-bond acceptors (Lipinski definition) is 5. The lowest BCUT2D eigenvalue weighted by Gasteiger charge is -2.23. The predicted octanol–water partition coefficient (Wildman–Crippen LogP) is 4.20. The van der Waals surface area contributed by atoms with E-state index >= 15 is 0 Å². The quantitative estimate of drug-likeness (QED) is 0.335. The number of ether oxygens (including phenoxy) is 2. The number of halogens is 3. The van der Waals surface area contributed by atoms with Gasteiger partial charge in [0.2, 0.25) is 0 Å². The Morgan fingerprint density at radius 2 is 1.85 bits per heavy atom. The smallest absolute Gasteiger partial charge is 0.405 e. The van der Waals surface area contributed by atoms with Crippen molar-refractivity contribution in [2.45, 2.75) is 45.4 Å². The summed E-state index contributed by atoms with van der Waals surface area (Å²) >= 11 is 1.65. The number of rotatable bonds is 16. The maximum absolute atomic E-state index is 12.4. The minimum absolute atomic E-state index is 0.106. The molecule has 2 N–H and O–H groups in total. The molecule has 188 valence electrons. The van der Waals surface area contributed by atoms with Crippen LogP contribution in [0.1, 0.15) is 32.3 Å². The van der Waals surface area contributed by atoms with Crippen molar-refractivity contribution in [3.8, 4) is 5.75 Å². The maximum Gasteiger partial charge on any atom is 0.405 e. The van der Waals surface area contributed by atoms with Crippen molar-refractivity contribution in [2.75, 3.05) is 44.4 Å². The minimum atomic E-state index is -4.47. The highest BCUT2D eigenvalue weighted by Gasteiger charge is 2.28. The lowest BCUT2D eigenvalue weighted by Crippen LogP contribution is -2.46. The fraction of sp³-hybridized carbons (Fsp3) is 0.636. The molecule has 0 spiro atoms. The van der Waals surface area contributed by atoms with Crippen molar-refractivity contribution in [1.29, 1.82) is 0 Å². The first kappa shape index (κ1) is 28.9. The molecule has 0 fully saturated rings. The molecule has 1 unspecified atom stereocenters. The molecule has 11 heteroatoms. The fourth-order valence-electron chi connectivity index (χ4n) is 2.75. The maximum atomic E-state index is 12.4. The third kappa shape index (κ3) is 13.2. The molecule has 0 aromatic heterocycles. The van der Waals surface area contributed by atoms with Crippen LogP contribution in [0.4, 0.5) is 18.0 Å². The zero-order valence-corrected chi connectivity index (χ0v) is 19.8. The molecule has 0 saturated heterocycles. The molecule has 0 heterocycles. The van der Waals surface area contributed by atoms with Crippen molar-refractivity contribution in [3.05, 3.63) is 29.8 Å². The third-order valence-electron chi connectivity index (χ3n) is 4.49. The van der Waals surface area contributed by atoms with Gasteiger partial charge in [0, 0.05) is 25.3 Å². The van der Waals surface area contributed by atoms with Gasteiger partial charge in [-0.1, -0.05) is 25.5 Å². The number of urea groups is 1. The summed E-state index contributed by atoms with van der Waals surface area (Å²) < 4.78 is 48.2. The Bertz CT molecular complexity index is 704. The molecule has 1 aromatic rings. The van der Waals surface area contributed by atoms with E-state index in [0.29, 0.717) is 24.7 Å². The molecule has 0 aliphatic rings. The molecule has 0 radical (unpaired) electrons. The van der Waals surface area contributed by atoms with E-state index in [4.69, 9.17) is 14.6 Å². The molecule has 1 rings (SSSR count). The van der Waals surface area contributed by atoms with Gasteiger partial charge in [-0.3, -0.25) is 0 Å². The van der Waals surface area contributed by atoms with Crippen molar-refractivity contribution in [1.82, 2.24) is 10.2 Å². The Balaban J connectivity index is 2.57. The molecule has 0 saturated carbocycles. The van der Waals surface area contributed by atoms with E-state index in [2.05, 4.69) is 6.92 Å². The Hall–Kier alpha value is -2.14. The molecule has 0 aliphatic carbocycles. The van der Waals surface area contributed by atoms with Crippen LogP contribution in [-0.2, 0) is 16.0 Å². The van der Waals surface area contributed by atoms with Gasteiger partial charge in [0.15, 0.2) is 6.10 Å². The second-order valence-electron chi connectivity index (χ2n) is 7.21. The zero-order chi connectivity index (χ0) is 24.7. The molecule has 33 heavy (non-hydrogen) atoms. The molecule has 0 bridgehead atoms. The molecule has 2 amide bonds. The van der Waals surface area contributed by atoms with Crippen molar-refractivity contribution in [3.63, 3.8) is 0 Å². The Morgan fingerprint density at radius 1 is 1.15 bits per heavy atom. The van der Waals surface area contributed by atoms with Crippen LogP contribution in [0, 0.1) is 0 Å². The molecular weight excluding hydrogens is 461 g/mol. The Labute approximate surface area is 197 Å². The largest absolute Gasteiger partial charge is 0.492 e. The van der Waals surface area contributed by atoms with E-state index in [1.165, 1.54) is 4.90 Å². The van der Waals surface area contributed by atoms with Crippen LogP contribution in [-0.4, -0.2) is 78.6 Å². The number of amides is 2. The molecular formula is C22H33F3N2O5S. The number of thioether (sulfide) groups is 1. The molecule has 1 atom stereocenters. The van der Waals surface area contributed by atoms with E-state index < -0.39 is 30.8 Å². The van der Waals surface area contributed by atoms with E-state index in [-0.39, 0.29) is 19.6 Å². The first-order valence-corrected chi connectivity index (χ1v) is 12.0. The highest BCUT2D eigenvalue weighted by Crippen LogP contribution is 2.15. The van der Waals surface area contributed by atoms with Gasteiger partial charge in [-0.15, -0.1) is 0 Å². The number of unbranched alkanes of at least 4 members (excludes halogenated alkanes) is 1. The van der Waals surface area contributed by atoms with Crippen molar-refractivity contribution in [2.24, 2.45) is 0 Å². The van der Waals surface area contributed by atoms with Gasteiger partial charge >= 0.3 is 18.2 Å². The van der Waals surface area contributed by atoms with Crippen molar-refractivity contribution < 1.29 is 37.3 Å². The highest BCUT2D eigenvalue weighted by atomic mass is 32.2. The van der Waals surface area contributed by atoms with Gasteiger partial charge in [0.1, 0.15) is 18.9 Å². The van der Waals surface area contributed by atoms with Gasteiger partial charge in [-0.25, -0.2) is 9.59 Å². The first-order chi connectivity index (χ1) is 15.7. The minimum Gasteiger partial charge on any atom is -0.492 e. The predicted molar refractivity (Wildman–Crippen MR) is 122 cm³/mol. The SMILES string of the molecule is CCCCSCCN(CCOc1ccc(CC(OCC)C(=O)O)cc1)C(=O)NCC(F)(F)F. The van der Waals surface area contributed by atoms with E-state index in [0.717, 1.165) is 24.2 Å². The molecule has 7 nitrogen and oxygen atoms in total. The second kappa shape index (κ2) is 15.7. The molecule has 1 aromatic carbocycles. The standard InChI is InChI=1S/C22H33F3N2O5S/c1-3-5-13-33-14-11-27(21(30)26-16-22(23,24)25)10-12-32-18-8-6-17(7-9-18)15-19(20(28)29)31-4-2/h6-9,19H,3-5,10-16H2,1-2H3,(H,26,30)(H,28,29). The average Bonchev–Trinajstić information content (AvgIpc) is 2.76. The second-order valence-corrected chi connectivity index (χ2v) is 8.43. The van der Waals surface area contributed by atoms with E-state index in [1.807, 2.05) is 5.32 Å². The lowest BCUT2D eigenvalue weighted by atomic mass is 10.1.